The van der Waals surface area contributed by atoms with Gasteiger partial charge in [0.05, 0.1) is 26.0 Å². The predicted molar refractivity (Wildman–Crippen MR) is 113 cm³/mol. The number of aliphatic hydroxyl groups is 1. The van der Waals surface area contributed by atoms with E-state index in [-0.39, 0.29) is 12.0 Å². The van der Waals surface area contributed by atoms with Crippen molar-refractivity contribution < 1.29 is 14.6 Å². The normalized spacial score (nSPS) is 14.2. The van der Waals surface area contributed by atoms with Gasteiger partial charge in [-0.15, -0.1) is 0 Å². The summed E-state index contributed by atoms with van der Waals surface area (Å²) in [7, 11) is 7.24. The Kier molecular flexibility index (Phi) is 6.86. The van der Waals surface area contributed by atoms with Gasteiger partial charge >= 0.3 is 0 Å². The molecule has 1 aromatic heterocycles. The Balaban J connectivity index is 2.91. The van der Waals surface area contributed by atoms with Gasteiger partial charge < -0.3 is 14.6 Å². The first-order chi connectivity index (χ1) is 13.1. The number of nitrogens with zero attached hydrogens (tertiary/aromatic N) is 2. The average Bonchev–Trinajstić information content (AvgIpc) is 2.64. The summed E-state index contributed by atoms with van der Waals surface area (Å²) in [6.45, 7) is 8.76. The Morgan fingerprint density at radius 2 is 1.75 bits per heavy atom. The molecule has 0 amide bonds. The van der Waals surface area contributed by atoms with Crippen molar-refractivity contribution in [2.24, 2.45) is 0 Å². The zero-order valence-corrected chi connectivity index (χ0v) is 18.5. The Labute approximate surface area is 169 Å². The number of aromatic nitrogens is 1. The summed E-state index contributed by atoms with van der Waals surface area (Å²) in [6, 6.07) is 10.2. The van der Waals surface area contributed by atoms with Gasteiger partial charge in [-0.25, -0.2) is 0 Å². The molecular formula is C23H34N2O3. The van der Waals surface area contributed by atoms with Crippen LogP contribution in [0.25, 0.3) is 0 Å². The molecule has 0 spiro atoms. The maximum atomic E-state index is 10.8. The van der Waals surface area contributed by atoms with Crippen LogP contribution in [0, 0.1) is 6.92 Å². The van der Waals surface area contributed by atoms with E-state index in [1.807, 2.05) is 44.1 Å². The maximum absolute atomic E-state index is 10.8. The summed E-state index contributed by atoms with van der Waals surface area (Å²) in [5, 5.41) is 10.8. The predicted octanol–water partition coefficient (Wildman–Crippen LogP) is 3.64. The van der Waals surface area contributed by atoms with Crippen molar-refractivity contribution in [3.8, 4) is 5.75 Å². The second-order valence-corrected chi connectivity index (χ2v) is 8.47. The zero-order valence-electron chi connectivity index (χ0n) is 18.5. The Hall–Kier alpha value is -1.95. The lowest BCUT2D eigenvalue weighted by Crippen LogP contribution is -2.47. The van der Waals surface area contributed by atoms with E-state index in [4.69, 9.17) is 14.5 Å². The third-order valence-corrected chi connectivity index (χ3v) is 5.31. The van der Waals surface area contributed by atoms with E-state index in [0.29, 0.717) is 6.61 Å². The minimum atomic E-state index is -0.869. The molecule has 1 heterocycles. The van der Waals surface area contributed by atoms with Crippen LogP contribution in [-0.2, 0) is 22.3 Å². The first-order valence-corrected chi connectivity index (χ1v) is 9.55. The first-order valence-electron chi connectivity index (χ1n) is 9.55. The van der Waals surface area contributed by atoms with Gasteiger partial charge in [0, 0.05) is 23.9 Å². The van der Waals surface area contributed by atoms with Gasteiger partial charge in [0.25, 0.3) is 0 Å². The van der Waals surface area contributed by atoms with Gasteiger partial charge in [-0.3, -0.25) is 9.88 Å². The van der Waals surface area contributed by atoms with Crippen LogP contribution in [0.5, 0.6) is 5.75 Å². The van der Waals surface area contributed by atoms with Crippen LogP contribution in [0.1, 0.15) is 48.8 Å². The zero-order chi connectivity index (χ0) is 21.1. The first kappa shape index (κ1) is 22.3. The summed E-state index contributed by atoms with van der Waals surface area (Å²) in [4.78, 5) is 6.87. The van der Waals surface area contributed by atoms with E-state index < -0.39 is 5.54 Å². The Morgan fingerprint density at radius 3 is 2.25 bits per heavy atom. The number of ether oxygens (including phenoxy) is 2. The lowest BCUT2D eigenvalue weighted by atomic mass is 9.78. The van der Waals surface area contributed by atoms with Gasteiger partial charge in [0.2, 0.25) is 0 Å². The molecule has 0 fully saturated rings. The molecule has 2 aromatic rings. The highest BCUT2D eigenvalue weighted by atomic mass is 16.5. The molecule has 1 N–H and O–H groups in total. The van der Waals surface area contributed by atoms with E-state index in [0.717, 1.165) is 28.3 Å². The number of methoxy groups -OCH3 is 2. The monoisotopic (exact) mass is 386 g/mol. The number of benzene rings is 1. The van der Waals surface area contributed by atoms with E-state index in [1.54, 1.807) is 14.2 Å². The van der Waals surface area contributed by atoms with Crippen LogP contribution in [0.15, 0.2) is 30.3 Å². The molecule has 0 saturated carbocycles. The molecule has 5 nitrogen and oxygen atoms in total. The molecular weight excluding hydrogens is 352 g/mol. The molecule has 1 atom stereocenters. The minimum Gasteiger partial charge on any atom is -0.496 e. The van der Waals surface area contributed by atoms with Crippen LogP contribution in [0.2, 0.25) is 0 Å². The molecule has 0 saturated heterocycles. The third kappa shape index (κ3) is 4.07. The lowest BCUT2D eigenvalue weighted by Gasteiger charge is -2.41. The smallest absolute Gasteiger partial charge is 0.124 e. The summed E-state index contributed by atoms with van der Waals surface area (Å²) in [6.07, 6.45) is 0. The highest BCUT2D eigenvalue weighted by Crippen LogP contribution is 2.42. The Morgan fingerprint density at radius 1 is 1.07 bits per heavy atom. The highest BCUT2D eigenvalue weighted by Gasteiger charge is 2.42. The highest BCUT2D eigenvalue weighted by molar-refractivity contribution is 5.50. The van der Waals surface area contributed by atoms with E-state index >= 15 is 0 Å². The largest absolute Gasteiger partial charge is 0.496 e. The number of likely N-dealkylation sites (N-methyl/N-ethyl adjacent to an activating group) is 1. The van der Waals surface area contributed by atoms with Gasteiger partial charge in [-0.2, -0.15) is 0 Å². The van der Waals surface area contributed by atoms with Crippen LogP contribution in [-0.4, -0.2) is 49.9 Å². The molecule has 154 valence electrons. The topological polar surface area (TPSA) is 54.8 Å². The van der Waals surface area contributed by atoms with Crippen molar-refractivity contribution in [3.05, 3.63) is 58.4 Å². The molecule has 0 radical (unpaired) electrons. The molecule has 0 aliphatic rings. The molecule has 0 aliphatic carbocycles. The summed E-state index contributed by atoms with van der Waals surface area (Å²) in [5.41, 5.74) is 3.77. The van der Waals surface area contributed by atoms with Crippen molar-refractivity contribution in [2.75, 3.05) is 34.9 Å². The van der Waals surface area contributed by atoms with Gasteiger partial charge in [-0.05, 0) is 50.2 Å². The standard InChI is InChI=1S/C23H34N2O3/c1-16-9-10-17(14-27-7)21(24-16)23(15-26,25(5)6)19-13-18(22(2,3)4)11-12-20(19)28-8/h9-13,26H,14-15H2,1-8H3. The van der Waals surface area contributed by atoms with E-state index in [1.165, 1.54) is 5.56 Å². The second-order valence-electron chi connectivity index (χ2n) is 8.47. The average molecular weight is 387 g/mol. The quantitative estimate of drug-likeness (QED) is 0.787. The van der Waals surface area contributed by atoms with Gasteiger partial charge in [0.15, 0.2) is 0 Å². The van der Waals surface area contributed by atoms with Crippen molar-refractivity contribution in [3.63, 3.8) is 0 Å². The fourth-order valence-electron chi connectivity index (χ4n) is 3.60. The van der Waals surface area contributed by atoms with Crippen LogP contribution < -0.4 is 4.74 Å². The summed E-state index contributed by atoms with van der Waals surface area (Å²) in [5.74, 6) is 0.724. The van der Waals surface area contributed by atoms with Gasteiger partial charge in [0.1, 0.15) is 11.3 Å². The Bertz CT molecular complexity index is 812. The lowest BCUT2D eigenvalue weighted by molar-refractivity contribution is 0.0908. The van der Waals surface area contributed by atoms with Gasteiger partial charge in [-0.1, -0.05) is 32.9 Å². The third-order valence-electron chi connectivity index (χ3n) is 5.31. The van der Waals surface area contributed by atoms with Crippen molar-refractivity contribution >= 4 is 0 Å². The van der Waals surface area contributed by atoms with Crippen LogP contribution >= 0.6 is 0 Å². The number of aryl methyl sites for hydroxylation is 1. The number of hydrogen-bond donors (Lipinski definition) is 1. The minimum absolute atomic E-state index is 0.0378. The molecule has 2 rings (SSSR count). The van der Waals surface area contributed by atoms with Crippen LogP contribution in [0.3, 0.4) is 0 Å². The SMILES string of the molecule is COCc1ccc(C)nc1C(CO)(c1cc(C(C)(C)C)ccc1OC)N(C)C. The van der Waals surface area contributed by atoms with E-state index in [9.17, 15) is 5.11 Å². The number of aliphatic hydroxyl groups excluding tert-OH is 1. The number of rotatable bonds is 7. The molecule has 28 heavy (non-hydrogen) atoms. The summed E-state index contributed by atoms with van der Waals surface area (Å²) >= 11 is 0. The number of hydrogen-bond acceptors (Lipinski definition) is 5. The van der Waals surface area contributed by atoms with Crippen molar-refractivity contribution in [1.82, 2.24) is 9.88 Å². The summed E-state index contributed by atoms with van der Waals surface area (Å²) < 4.78 is 11.2. The molecule has 0 bridgehead atoms. The number of pyridine rings is 1. The second kappa shape index (κ2) is 8.60. The maximum Gasteiger partial charge on any atom is 0.124 e. The van der Waals surface area contributed by atoms with Crippen molar-refractivity contribution in [2.45, 2.75) is 45.3 Å². The van der Waals surface area contributed by atoms with E-state index in [2.05, 4.69) is 32.9 Å². The molecule has 0 aliphatic heterocycles. The fourth-order valence-corrected chi connectivity index (χ4v) is 3.60. The fraction of sp³-hybridized carbons (Fsp3) is 0.522. The van der Waals surface area contributed by atoms with Crippen LogP contribution in [0.4, 0.5) is 0 Å². The molecule has 1 unspecified atom stereocenters. The molecule has 5 heteroatoms. The van der Waals surface area contributed by atoms with Crippen molar-refractivity contribution in [1.29, 1.82) is 0 Å². The molecule has 1 aromatic carbocycles.